The van der Waals surface area contributed by atoms with Crippen LogP contribution in [0, 0.1) is 0 Å². The molecule has 1 saturated heterocycles. The molecule has 0 radical (unpaired) electrons. The molecular weight excluding hydrogens is 310 g/mol. The van der Waals surface area contributed by atoms with Crippen molar-refractivity contribution in [1.82, 2.24) is 0 Å². The molecule has 0 aliphatic carbocycles. The Morgan fingerprint density at radius 3 is 2.08 bits per heavy atom. The lowest BCUT2D eigenvalue weighted by atomic mass is 9.96. The first-order chi connectivity index (χ1) is 11.7. The zero-order valence-electron chi connectivity index (χ0n) is 13.4. The standard InChI is InChI=1S/C20H20F2O2/c21-20(22)3-1-2-15-4-6-16(7-5-15)17-8-10-18(11-9-17)19-12-23-14-24-13-19/h3-11,19H,1-2,12-14H2. The predicted molar refractivity (Wildman–Crippen MR) is 90.0 cm³/mol. The SMILES string of the molecule is FC(F)=CCCc1ccc(-c2ccc(C3COCOC3)cc2)cc1. The van der Waals surface area contributed by atoms with Crippen molar-refractivity contribution in [2.45, 2.75) is 18.8 Å². The van der Waals surface area contributed by atoms with Gasteiger partial charge in [0, 0.05) is 5.92 Å². The molecule has 1 fully saturated rings. The molecule has 1 aliphatic rings. The summed E-state index contributed by atoms with van der Waals surface area (Å²) in [5.41, 5.74) is 4.53. The number of aryl methyl sites for hydroxylation is 1. The fourth-order valence-corrected chi connectivity index (χ4v) is 2.84. The highest BCUT2D eigenvalue weighted by atomic mass is 19.3. The second kappa shape index (κ2) is 8.18. The Labute approximate surface area is 140 Å². The molecule has 0 N–H and O–H groups in total. The number of allylic oxidation sites excluding steroid dienone is 1. The summed E-state index contributed by atoms with van der Waals surface area (Å²) in [6.45, 7) is 1.78. The van der Waals surface area contributed by atoms with E-state index in [-0.39, 0.29) is 0 Å². The Bertz CT molecular complexity index is 668. The van der Waals surface area contributed by atoms with Gasteiger partial charge in [0.1, 0.15) is 6.79 Å². The first-order valence-electron chi connectivity index (χ1n) is 8.08. The van der Waals surface area contributed by atoms with Gasteiger partial charge in [0.2, 0.25) is 0 Å². The molecule has 24 heavy (non-hydrogen) atoms. The number of hydrogen-bond acceptors (Lipinski definition) is 2. The Kier molecular flexibility index (Phi) is 5.72. The van der Waals surface area contributed by atoms with Crippen LogP contribution in [0.4, 0.5) is 8.78 Å². The number of rotatable bonds is 5. The molecule has 2 aromatic rings. The third-order valence-corrected chi connectivity index (χ3v) is 4.21. The third kappa shape index (κ3) is 4.49. The average Bonchev–Trinajstić information content (AvgIpc) is 2.63. The molecule has 0 aromatic heterocycles. The molecule has 0 spiro atoms. The number of hydrogen-bond donors (Lipinski definition) is 0. The van der Waals surface area contributed by atoms with Crippen molar-refractivity contribution in [3.05, 3.63) is 71.8 Å². The average molecular weight is 330 g/mol. The van der Waals surface area contributed by atoms with Crippen LogP contribution < -0.4 is 0 Å². The minimum atomic E-state index is -1.61. The van der Waals surface area contributed by atoms with Crippen LogP contribution in [-0.4, -0.2) is 20.0 Å². The lowest BCUT2D eigenvalue weighted by molar-refractivity contribution is -0.108. The number of ether oxygens (including phenoxy) is 2. The van der Waals surface area contributed by atoms with Crippen LogP contribution in [0.1, 0.15) is 23.5 Å². The normalized spacial score (nSPS) is 15.2. The van der Waals surface area contributed by atoms with Crippen LogP contribution in [0.25, 0.3) is 11.1 Å². The van der Waals surface area contributed by atoms with Gasteiger partial charge in [-0.05, 0) is 41.2 Å². The summed E-state index contributed by atoms with van der Waals surface area (Å²) < 4.78 is 34.7. The van der Waals surface area contributed by atoms with E-state index in [9.17, 15) is 8.78 Å². The van der Waals surface area contributed by atoms with Gasteiger partial charge in [0.15, 0.2) is 0 Å². The van der Waals surface area contributed by atoms with Gasteiger partial charge in [-0.15, -0.1) is 0 Å². The van der Waals surface area contributed by atoms with Crippen molar-refractivity contribution >= 4 is 0 Å². The molecule has 2 nitrogen and oxygen atoms in total. The van der Waals surface area contributed by atoms with E-state index in [0.29, 0.717) is 38.8 Å². The zero-order valence-corrected chi connectivity index (χ0v) is 13.4. The molecule has 126 valence electrons. The summed E-state index contributed by atoms with van der Waals surface area (Å²) in [4.78, 5) is 0. The molecule has 2 aromatic carbocycles. The predicted octanol–water partition coefficient (Wildman–Crippen LogP) is 5.15. The van der Waals surface area contributed by atoms with Crippen LogP contribution in [0.2, 0.25) is 0 Å². The van der Waals surface area contributed by atoms with E-state index in [0.717, 1.165) is 22.8 Å². The molecule has 0 unspecified atom stereocenters. The van der Waals surface area contributed by atoms with Crippen molar-refractivity contribution in [1.29, 1.82) is 0 Å². The second-order valence-electron chi connectivity index (χ2n) is 5.91. The minimum absolute atomic E-state index is 0.291. The summed E-state index contributed by atoms with van der Waals surface area (Å²) in [6.07, 6.45) is 0.339. The summed E-state index contributed by atoms with van der Waals surface area (Å²) in [6, 6.07) is 16.5. The van der Waals surface area contributed by atoms with Gasteiger partial charge in [-0.25, -0.2) is 0 Å². The van der Waals surface area contributed by atoms with Gasteiger partial charge in [0.25, 0.3) is 6.08 Å². The van der Waals surface area contributed by atoms with Crippen LogP contribution >= 0.6 is 0 Å². The molecular formula is C20H20F2O2. The van der Waals surface area contributed by atoms with Crippen molar-refractivity contribution in [3.8, 4) is 11.1 Å². The molecule has 0 atom stereocenters. The van der Waals surface area contributed by atoms with Crippen molar-refractivity contribution < 1.29 is 18.3 Å². The molecule has 0 amide bonds. The molecule has 3 rings (SSSR count). The first-order valence-corrected chi connectivity index (χ1v) is 8.08. The van der Waals surface area contributed by atoms with E-state index in [1.54, 1.807) is 0 Å². The van der Waals surface area contributed by atoms with Gasteiger partial charge >= 0.3 is 0 Å². The maximum atomic E-state index is 12.0. The maximum absolute atomic E-state index is 12.0. The minimum Gasteiger partial charge on any atom is -0.355 e. The molecule has 1 heterocycles. The fourth-order valence-electron chi connectivity index (χ4n) is 2.84. The van der Waals surface area contributed by atoms with Gasteiger partial charge in [-0.3, -0.25) is 0 Å². The third-order valence-electron chi connectivity index (χ3n) is 4.21. The summed E-state index contributed by atoms with van der Waals surface area (Å²) in [7, 11) is 0. The number of halogens is 2. The first kappa shape index (κ1) is 16.8. The second-order valence-corrected chi connectivity index (χ2v) is 5.91. The molecule has 4 heteroatoms. The largest absolute Gasteiger partial charge is 0.355 e. The van der Waals surface area contributed by atoms with E-state index in [2.05, 4.69) is 24.3 Å². The monoisotopic (exact) mass is 330 g/mol. The highest BCUT2D eigenvalue weighted by Gasteiger charge is 2.16. The fraction of sp³-hybridized carbons (Fsp3) is 0.300. The topological polar surface area (TPSA) is 18.5 Å². The Balaban J connectivity index is 1.64. The Hall–Kier alpha value is -2.04. The number of benzene rings is 2. The van der Waals surface area contributed by atoms with Crippen LogP contribution in [0.3, 0.4) is 0 Å². The maximum Gasteiger partial charge on any atom is 0.266 e. The van der Waals surface area contributed by atoms with Crippen molar-refractivity contribution in [2.24, 2.45) is 0 Å². The van der Waals surface area contributed by atoms with E-state index >= 15 is 0 Å². The van der Waals surface area contributed by atoms with E-state index in [1.807, 2.05) is 24.3 Å². The highest BCUT2D eigenvalue weighted by molar-refractivity contribution is 5.64. The lowest BCUT2D eigenvalue weighted by Gasteiger charge is -2.22. The van der Waals surface area contributed by atoms with Crippen molar-refractivity contribution in [2.75, 3.05) is 20.0 Å². The van der Waals surface area contributed by atoms with Gasteiger partial charge in [-0.2, -0.15) is 8.78 Å². The molecule has 0 bridgehead atoms. The lowest BCUT2D eigenvalue weighted by Crippen LogP contribution is -2.22. The smallest absolute Gasteiger partial charge is 0.266 e. The van der Waals surface area contributed by atoms with Crippen LogP contribution in [-0.2, 0) is 15.9 Å². The van der Waals surface area contributed by atoms with Gasteiger partial charge < -0.3 is 9.47 Å². The Morgan fingerprint density at radius 1 is 0.917 bits per heavy atom. The summed E-state index contributed by atoms with van der Waals surface area (Å²) in [5, 5.41) is 0. The van der Waals surface area contributed by atoms with Gasteiger partial charge in [0.05, 0.1) is 13.2 Å². The zero-order chi connectivity index (χ0) is 16.8. The Morgan fingerprint density at radius 2 is 1.50 bits per heavy atom. The van der Waals surface area contributed by atoms with Gasteiger partial charge in [-0.1, -0.05) is 48.5 Å². The van der Waals surface area contributed by atoms with E-state index in [1.165, 1.54) is 5.56 Å². The molecule has 0 saturated carbocycles. The summed E-state index contributed by atoms with van der Waals surface area (Å²) >= 11 is 0. The van der Waals surface area contributed by atoms with E-state index < -0.39 is 6.08 Å². The van der Waals surface area contributed by atoms with Crippen LogP contribution in [0.15, 0.2) is 60.7 Å². The van der Waals surface area contributed by atoms with Crippen molar-refractivity contribution in [3.63, 3.8) is 0 Å². The van der Waals surface area contributed by atoms with Crippen LogP contribution in [0.5, 0.6) is 0 Å². The highest BCUT2D eigenvalue weighted by Crippen LogP contribution is 2.25. The quantitative estimate of drug-likeness (QED) is 0.754. The van der Waals surface area contributed by atoms with E-state index in [4.69, 9.17) is 9.47 Å². The molecule has 1 aliphatic heterocycles. The summed E-state index contributed by atoms with van der Waals surface area (Å²) in [5.74, 6) is 0.291.